The highest BCUT2D eigenvalue weighted by molar-refractivity contribution is 5.93. The van der Waals surface area contributed by atoms with Crippen LogP contribution in [-0.4, -0.2) is 0 Å². The Balaban J connectivity index is 1.22. The number of hydrogen-bond acceptors (Lipinski definition) is 2. The highest BCUT2D eigenvalue weighted by atomic mass is 16.3. The summed E-state index contributed by atoms with van der Waals surface area (Å²) in [5, 5.41) is 3.56. The lowest BCUT2D eigenvalue weighted by Crippen LogP contribution is -2.11. The largest absolute Gasteiger partial charge is 0.456 e. The molecule has 0 aliphatic carbocycles. The molecule has 0 aliphatic heterocycles. The van der Waals surface area contributed by atoms with E-state index in [-0.39, 0.29) is 0 Å². The predicted molar refractivity (Wildman–Crippen MR) is 185 cm³/mol. The van der Waals surface area contributed by atoms with Crippen LogP contribution < -0.4 is 4.90 Å². The first-order chi connectivity index (χ1) is 21.8. The molecule has 7 aromatic carbocycles. The number of nitrogens with zero attached hydrogens (tertiary/aromatic N) is 1. The fraction of sp³-hybridized carbons (Fsp3) is 0. The fourth-order valence-corrected chi connectivity index (χ4v) is 6.05. The van der Waals surface area contributed by atoms with Gasteiger partial charge in [0.2, 0.25) is 0 Å². The van der Waals surface area contributed by atoms with Gasteiger partial charge < -0.3 is 9.32 Å². The van der Waals surface area contributed by atoms with Gasteiger partial charge in [-0.3, -0.25) is 0 Å². The number of benzene rings is 7. The summed E-state index contributed by atoms with van der Waals surface area (Å²) in [6, 6.07) is 62.2. The van der Waals surface area contributed by atoms with Gasteiger partial charge in [-0.25, -0.2) is 0 Å². The minimum absolute atomic E-state index is 0.879. The Morgan fingerprint density at radius 3 is 1.86 bits per heavy atom. The first-order valence-corrected chi connectivity index (χ1v) is 14.9. The van der Waals surface area contributed by atoms with Crippen molar-refractivity contribution in [1.29, 1.82) is 0 Å². The van der Waals surface area contributed by atoms with E-state index in [4.69, 9.17) is 4.42 Å². The van der Waals surface area contributed by atoms with Crippen LogP contribution >= 0.6 is 0 Å². The molecule has 1 heterocycles. The molecule has 0 aliphatic rings. The van der Waals surface area contributed by atoms with E-state index >= 15 is 0 Å². The van der Waals surface area contributed by atoms with Crippen molar-refractivity contribution in [3.8, 4) is 33.6 Å². The third-order valence-electron chi connectivity index (χ3n) is 8.25. The van der Waals surface area contributed by atoms with Crippen molar-refractivity contribution in [2.75, 3.05) is 4.90 Å². The Morgan fingerprint density at radius 1 is 0.364 bits per heavy atom. The van der Waals surface area contributed by atoms with Crippen LogP contribution in [0.2, 0.25) is 0 Å². The van der Waals surface area contributed by atoms with Crippen molar-refractivity contribution in [1.82, 2.24) is 0 Å². The molecule has 0 amide bonds. The highest BCUT2D eigenvalue weighted by Crippen LogP contribution is 2.42. The summed E-state index contributed by atoms with van der Waals surface area (Å²) >= 11 is 0. The average Bonchev–Trinajstić information content (AvgIpc) is 3.54. The van der Waals surface area contributed by atoms with Gasteiger partial charge in [0.15, 0.2) is 0 Å². The van der Waals surface area contributed by atoms with E-state index in [2.05, 4.69) is 163 Å². The average molecular weight is 564 g/mol. The standard InChI is InChI=1S/C42H29NO/c1-2-12-32(13-3-1)39-18-7-8-19-40(39)43(38-26-23-30-11-4-5-14-34(30)28-38)37-24-21-31(22-25-37)33-16-10-17-35(27-33)42-29-36-15-6-9-20-41(36)44-42/h1-29H. The minimum atomic E-state index is 0.879. The molecule has 0 saturated carbocycles. The Kier molecular flexibility index (Phi) is 6.51. The summed E-state index contributed by atoms with van der Waals surface area (Å²) in [5.74, 6) is 0.879. The topological polar surface area (TPSA) is 16.4 Å². The van der Waals surface area contributed by atoms with Gasteiger partial charge in [0, 0.05) is 27.9 Å². The van der Waals surface area contributed by atoms with E-state index in [0.29, 0.717) is 0 Å². The van der Waals surface area contributed by atoms with Gasteiger partial charge in [-0.1, -0.05) is 127 Å². The zero-order valence-electron chi connectivity index (χ0n) is 24.1. The molecule has 208 valence electrons. The predicted octanol–water partition coefficient (Wildman–Crippen LogP) is 12.1. The number of rotatable bonds is 6. The minimum Gasteiger partial charge on any atom is -0.456 e. The van der Waals surface area contributed by atoms with Crippen molar-refractivity contribution in [2.45, 2.75) is 0 Å². The number of hydrogen-bond donors (Lipinski definition) is 0. The van der Waals surface area contributed by atoms with Gasteiger partial charge >= 0.3 is 0 Å². The molecular weight excluding hydrogens is 534 g/mol. The molecule has 0 unspecified atom stereocenters. The summed E-state index contributed by atoms with van der Waals surface area (Å²) in [6.45, 7) is 0. The second-order valence-corrected chi connectivity index (χ2v) is 11.0. The second kappa shape index (κ2) is 11.1. The summed E-state index contributed by atoms with van der Waals surface area (Å²) < 4.78 is 6.17. The van der Waals surface area contributed by atoms with E-state index in [1.165, 1.54) is 21.9 Å². The van der Waals surface area contributed by atoms with Crippen LogP contribution in [0.1, 0.15) is 0 Å². The van der Waals surface area contributed by atoms with Crippen LogP contribution in [0.4, 0.5) is 17.1 Å². The van der Waals surface area contributed by atoms with E-state index in [0.717, 1.165) is 50.5 Å². The molecule has 0 radical (unpaired) electrons. The first-order valence-electron chi connectivity index (χ1n) is 14.9. The zero-order valence-corrected chi connectivity index (χ0v) is 24.1. The van der Waals surface area contributed by atoms with Crippen LogP contribution in [0, 0.1) is 0 Å². The van der Waals surface area contributed by atoms with Crippen molar-refractivity contribution < 1.29 is 4.42 Å². The van der Waals surface area contributed by atoms with Crippen LogP contribution in [0.15, 0.2) is 180 Å². The van der Waals surface area contributed by atoms with Crippen LogP contribution in [-0.2, 0) is 0 Å². The van der Waals surface area contributed by atoms with Gasteiger partial charge in [-0.2, -0.15) is 0 Å². The number of para-hydroxylation sites is 2. The van der Waals surface area contributed by atoms with Gasteiger partial charge in [-0.15, -0.1) is 0 Å². The van der Waals surface area contributed by atoms with Gasteiger partial charge in [0.05, 0.1) is 5.69 Å². The molecule has 1 aromatic heterocycles. The quantitative estimate of drug-likeness (QED) is 0.200. The van der Waals surface area contributed by atoms with E-state index in [9.17, 15) is 0 Å². The molecule has 0 saturated heterocycles. The van der Waals surface area contributed by atoms with E-state index in [1.54, 1.807) is 0 Å². The summed E-state index contributed by atoms with van der Waals surface area (Å²) in [4.78, 5) is 2.36. The summed E-state index contributed by atoms with van der Waals surface area (Å²) in [6.07, 6.45) is 0. The maximum atomic E-state index is 6.17. The Bertz CT molecular complexity index is 2190. The molecule has 44 heavy (non-hydrogen) atoms. The van der Waals surface area contributed by atoms with E-state index < -0.39 is 0 Å². The van der Waals surface area contributed by atoms with Crippen LogP contribution in [0.25, 0.3) is 55.3 Å². The molecule has 2 heteroatoms. The Morgan fingerprint density at radius 2 is 1.02 bits per heavy atom. The lowest BCUT2D eigenvalue weighted by atomic mass is 9.99. The fourth-order valence-electron chi connectivity index (χ4n) is 6.05. The van der Waals surface area contributed by atoms with Crippen LogP contribution in [0.3, 0.4) is 0 Å². The van der Waals surface area contributed by atoms with Crippen molar-refractivity contribution in [3.63, 3.8) is 0 Å². The van der Waals surface area contributed by atoms with Crippen molar-refractivity contribution in [3.05, 3.63) is 176 Å². The highest BCUT2D eigenvalue weighted by Gasteiger charge is 2.17. The molecule has 8 aromatic rings. The molecular formula is C42H29NO. The third-order valence-corrected chi connectivity index (χ3v) is 8.25. The summed E-state index contributed by atoms with van der Waals surface area (Å²) in [7, 11) is 0. The van der Waals surface area contributed by atoms with E-state index in [1.807, 2.05) is 18.2 Å². The molecule has 0 N–H and O–H groups in total. The van der Waals surface area contributed by atoms with Crippen molar-refractivity contribution >= 4 is 38.8 Å². The maximum absolute atomic E-state index is 6.17. The first kappa shape index (κ1) is 25.8. The maximum Gasteiger partial charge on any atom is 0.135 e. The Labute approximate surface area is 257 Å². The van der Waals surface area contributed by atoms with Gasteiger partial charge in [-0.05, 0) is 76.0 Å². The molecule has 0 atom stereocenters. The van der Waals surface area contributed by atoms with Gasteiger partial charge in [0.1, 0.15) is 11.3 Å². The molecule has 0 bridgehead atoms. The molecule has 0 spiro atoms. The monoisotopic (exact) mass is 563 g/mol. The lowest BCUT2D eigenvalue weighted by molar-refractivity contribution is 0.631. The van der Waals surface area contributed by atoms with Crippen LogP contribution in [0.5, 0.6) is 0 Å². The molecule has 8 rings (SSSR count). The number of fused-ring (bicyclic) bond motifs is 2. The number of anilines is 3. The lowest BCUT2D eigenvalue weighted by Gasteiger charge is -2.28. The van der Waals surface area contributed by atoms with Gasteiger partial charge in [0.25, 0.3) is 0 Å². The zero-order chi connectivity index (χ0) is 29.3. The normalized spacial score (nSPS) is 11.2. The smallest absolute Gasteiger partial charge is 0.135 e. The summed E-state index contributed by atoms with van der Waals surface area (Å²) in [5.41, 5.74) is 10.00. The number of furan rings is 1. The van der Waals surface area contributed by atoms with Crippen molar-refractivity contribution in [2.24, 2.45) is 0 Å². The molecule has 2 nitrogen and oxygen atoms in total. The second-order valence-electron chi connectivity index (χ2n) is 11.0. The SMILES string of the molecule is c1ccc(-c2ccccc2N(c2ccc(-c3cccc(-c4cc5ccccc5o4)c3)cc2)c2ccc3ccccc3c2)cc1. The Hall–Kier alpha value is -5.86. The molecule has 0 fully saturated rings. The third kappa shape index (κ3) is 4.83.